The van der Waals surface area contributed by atoms with Crippen LogP contribution in [0.25, 0.3) is 10.8 Å². The predicted molar refractivity (Wildman–Crippen MR) is 137 cm³/mol. The molecule has 0 unspecified atom stereocenters. The summed E-state index contributed by atoms with van der Waals surface area (Å²) in [6.45, 7) is 0. The second-order valence-electron chi connectivity index (χ2n) is 7.59. The molecule has 4 aromatic carbocycles. The Balaban J connectivity index is 1.59. The molecule has 0 spiro atoms. The summed E-state index contributed by atoms with van der Waals surface area (Å²) in [4.78, 5) is 25.4. The smallest absolute Gasteiger partial charge is 0.343 e. The Hall–Kier alpha value is -4.85. The van der Waals surface area contributed by atoms with Crippen molar-refractivity contribution in [3.8, 4) is 23.0 Å². The maximum absolute atomic E-state index is 12.8. The summed E-state index contributed by atoms with van der Waals surface area (Å²) in [5.41, 5.74) is 3.76. The first kappa shape index (κ1) is 24.3. The highest BCUT2D eigenvalue weighted by Gasteiger charge is 2.14. The molecule has 0 fully saturated rings. The van der Waals surface area contributed by atoms with E-state index in [-0.39, 0.29) is 0 Å². The lowest BCUT2D eigenvalue weighted by atomic mass is 10.0. The van der Waals surface area contributed by atoms with Gasteiger partial charge in [0.15, 0.2) is 11.5 Å². The standard InChI is InChI=1S/C28H24N2O6/c1-33-21-12-8-19(9-13-21)28(32)36-24-14-10-18-6-4-5-7-22(18)23(24)17-29-30-27(31)20-11-15-25(34-2)26(16-20)35-3/h4-17H,1-3H3,(H,30,31)/b29-17-. The van der Waals surface area contributed by atoms with Crippen molar-refractivity contribution in [3.05, 3.63) is 95.6 Å². The molecule has 0 saturated carbocycles. The van der Waals surface area contributed by atoms with Crippen LogP contribution in [0.2, 0.25) is 0 Å². The first-order valence-corrected chi connectivity index (χ1v) is 11.0. The van der Waals surface area contributed by atoms with E-state index in [9.17, 15) is 9.59 Å². The van der Waals surface area contributed by atoms with Gasteiger partial charge in [-0.25, -0.2) is 10.2 Å². The van der Waals surface area contributed by atoms with E-state index in [1.54, 1.807) is 55.6 Å². The molecule has 0 bridgehead atoms. The number of fused-ring (bicyclic) bond motifs is 1. The molecular formula is C28H24N2O6. The van der Waals surface area contributed by atoms with Crippen molar-refractivity contribution in [3.63, 3.8) is 0 Å². The van der Waals surface area contributed by atoms with Crippen molar-refractivity contribution in [2.45, 2.75) is 0 Å². The van der Waals surface area contributed by atoms with Gasteiger partial charge in [0.25, 0.3) is 5.91 Å². The monoisotopic (exact) mass is 484 g/mol. The number of carbonyl (C=O) groups is 2. The van der Waals surface area contributed by atoms with E-state index in [1.807, 2.05) is 30.3 Å². The Morgan fingerprint density at radius 2 is 1.44 bits per heavy atom. The lowest BCUT2D eigenvalue weighted by molar-refractivity contribution is 0.0734. The van der Waals surface area contributed by atoms with Crippen LogP contribution in [0.1, 0.15) is 26.3 Å². The second-order valence-corrected chi connectivity index (χ2v) is 7.59. The topological polar surface area (TPSA) is 95.5 Å². The number of nitrogens with zero attached hydrogens (tertiary/aromatic N) is 1. The molecule has 8 heteroatoms. The summed E-state index contributed by atoms with van der Waals surface area (Å²) >= 11 is 0. The Labute approximate surface area is 208 Å². The molecule has 182 valence electrons. The summed E-state index contributed by atoms with van der Waals surface area (Å²) in [5.74, 6) is 0.905. The van der Waals surface area contributed by atoms with Gasteiger partial charge in [-0.15, -0.1) is 0 Å². The van der Waals surface area contributed by atoms with Crippen LogP contribution in [-0.2, 0) is 0 Å². The normalized spacial score (nSPS) is 10.8. The highest BCUT2D eigenvalue weighted by atomic mass is 16.5. The van der Waals surface area contributed by atoms with Crippen LogP contribution < -0.4 is 24.4 Å². The number of hydrogen-bond donors (Lipinski definition) is 1. The highest BCUT2D eigenvalue weighted by molar-refractivity contribution is 6.04. The van der Waals surface area contributed by atoms with Gasteiger partial charge >= 0.3 is 5.97 Å². The lowest BCUT2D eigenvalue weighted by Crippen LogP contribution is -2.18. The van der Waals surface area contributed by atoms with E-state index >= 15 is 0 Å². The zero-order valence-corrected chi connectivity index (χ0v) is 20.0. The number of hydrazone groups is 1. The van der Waals surface area contributed by atoms with E-state index in [4.69, 9.17) is 18.9 Å². The van der Waals surface area contributed by atoms with Gasteiger partial charge in [0.05, 0.1) is 33.1 Å². The number of nitrogens with one attached hydrogen (secondary N) is 1. The third kappa shape index (κ3) is 5.28. The molecule has 8 nitrogen and oxygen atoms in total. The quantitative estimate of drug-likeness (QED) is 0.166. The van der Waals surface area contributed by atoms with Gasteiger partial charge in [-0.1, -0.05) is 30.3 Å². The first-order valence-electron chi connectivity index (χ1n) is 11.0. The van der Waals surface area contributed by atoms with Gasteiger partial charge in [0.1, 0.15) is 11.5 Å². The Morgan fingerprint density at radius 3 is 2.17 bits per heavy atom. The minimum absolute atomic E-state index is 0.304. The number of amides is 1. The van der Waals surface area contributed by atoms with Crippen molar-refractivity contribution in [1.82, 2.24) is 5.43 Å². The van der Waals surface area contributed by atoms with E-state index in [0.29, 0.717) is 39.7 Å². The number of ether oxygens (including phenoxy) is 4. The molecule has 0 radical (unpaired) electrons. The number of methoxy groups -OCH3 is 3. The molecular weight excluding hydrogens is 460 g/mol. The van der Waals surface area contributed by atoms with Crippen LogP contribution in [-0.4, -0.2) is 39.4 Å². The Bertz CT molecular complexity index is 1430. The summed E-state index contributed by atoms with van der Waals surface area (Å²) in [6, 6.07) is 22.6. The van der Waals surface area contributed by atoms with Gasteiger partial charge in [0.2, 0.25) is 0 Å². The molecule has 36 heavy (non-hydrogen) atoms. The zero-order chi connectivity index (χ0) is 25.5. The van der Waals surface area contributed by atoms with Crippen LogP contribution >= 0.6 is 0 Å². The Morgan fingerprint density at radius 1 is 0.750 bits per heavy atom. The van der Waals surface area contributed by atoms with E-state index in [0.717, 1.165) is 10.8 Å². The average Bonchev–Trinajstić information content (AvgIpc) is 2.93. The number of esters is 1. The number of benzene rings is 4. The van der Waals surface area contributed by atoms with Crippen molar-refractivity contribution in [1.29, 1.82) is 0 Å². The third-order valence-corrected chi connectivity index (χ3v) is 5.46. The fourth-order valence-electron chi connectivity index (χ4n) is 3.58. The maximum Gasteiger partial charge on any atom is 0.343 e. The van der Waals surface area contributed by atoms with Crippen molar-refractivity contribution < 1.29 is 28.5 Å². The van der Waals surface area contributed by atoms with Crippen LogP contribution in [0, 0.1) is 0 Å². The molecule has 4 aromatic rings. The highest BCUT2D eigenvalue weighted by Crippen LogP contribution is 2.29. The molecule has 4 rings (SSSR count). The average molecular weight is 485 g/mol. The fraction of sp³-hybridized carbons (Fsp3) is 0.107. The van der Waals surface area contributed by atoms with E-state index in [1.165, 1.54) is 20.4 Å². The SMILES string of the molecule is COc1ccc(C(=O)Oc2ccc3ccccc3c2/C=N\NC(=O)c2ccc(OC)c(OC)c2)cc1. The van der Waals surface area contributed by atoms with E-state index in [2.05, 4.69) is 10.5 Å². The molecule has 0 aliphatic carbocycles. The number of carbonyl (C=O) groups excluding carboxylic acids is 2. The lowest BCUT2D eigenvalue weighted by Gasteiger charge is -2.11. The summed E-state index contributed by atoms with van der Waals surface area (Å²) < 4.78 is 21.3. The minimum atomic E-state index is -0.531. The summed E-state index contributed by atoms with van der Waals surface area (Å²) in [5, 5.41) is 5.86. The summed E-state index contributed by atoms with van der Waals surface area (Å²) in [7, 11) is 4.57. The van der Waals surface area contributed by atoms with E-state index < -0.39 is 11.9 Å². The van der Waals surface area contributed by atoms with Crippen LogP contribution in [0.3, 0.4) is 0 Å². The van der Waals surface area contributed by atoms with Gasteiger partial charge in [-0.3, -0.25) is 4.79 Å². The molecule has 0 heterocycles. The fourth-order valence-corrected chi connectivity index (χ4v) is 3.58. The molecule has 1 N–H and O–H groups in total. The minimum Gasteiger partial charge on any atom is -0.497 e. The largest absolute Gasteiger partial charge is 0.497 e. The number of rotatable bonds is 8. The first-order chi connectivity index (χ1) is 17.5. The predicted octanol–water partition coefficient (Wildman–Crippen LogP) is 4.85. The summed E-state index contributed by atoms with van der Waals surface area (Å²) in [6.07, 6.45) is 1.46. The van der Waals surface area contributed by atoms with Crippen molar-refractivity contribution >= 4 is 28.9 Å². The van der Waals surface area contributed by atoms with Crippen LogP contribution in [0.15, 0.2) is 84.0 Å². The third-order valence-electron chi connectivity index (χ3n) is 5.46. The Kier molecular flexibility index (Phi) is 7.45. The molecule has 0 atom stereocenters. The molecule has 0 aliphatic rings. The van der Waals surface area contributed by atoms with Crippen LogP contribution in [0.5, 0.6) is 23.0 Å². The van der Waals surface area contributed by atoms with Gasteiger partial charge in [-0.2, -0.15) is 5.10 Å². The van der Waals surface area contributed by atoms with Gasteiger partial charge in [0, 0.05) is 11.1 Å². The molecule has 0 saturated heterocycles. The van der Waals surface area contributed by atoms with Crippen LogP contribution in [0.4, 0.5) is 0 Å². The second kappa shape index (κ2) is 11.1. The van der Waals surface area contributed by atoms with Gasteiger partial charge < -0.3 is 18.9 Å². The number of hydrogen-bond acceptors (Lipinski definition) is 7. The maximum atomic E-state index is 12.8. The zero-order valence-electron chi connectivity index (χ0n) is 20.0. The van der Waals surface area contributed by atoms with Crippen molar-refractivity contribution in [2.75, 3.05) is 21.3 Å². The molecule has 0 aliphatic heterocycles. The van der Waals surface area contributed by atoms with Crippen molar-refractivity contribution in [2.24, 2.45) is 5.10 Å². The van der Waals surface area contributed by atoms with Gasteiger partial charge in [-0.05, 0) is 59.3 Å². The molecule has 1 amide bonds. The molecule has 0 aromatic heterocycles.